The normalized spacial score (nSPS) is 12.4. The topological polar surface area (TPSA) is 129 Å². The molecule has 9 nitrogen and oxygen atoms in total. The fourth-order valence-electron chi connectivity index (χ4n) is 3.95. The molecule has 208 valence electrons. The lowest BCUT2D eigenvalue weighted by molar-refractivity contribution is -0.137. The van der Waals surface area contributed by atoms with Crippen LogP contribution in [0.2, 0.25) is 0 Å². The number of ketones is 3. The summed E-state index contributed by atoms with van der Waals surface area (Å²) in [6.07, 6.45) is 2.07. The Morgan fingerprint density at radius 2 is 1.26 bits per heavy atom. The number of carboxylic acids is 1. The monoisotopic (exact) mass is 536 g/mol. The van der Waals surface area contributed by atoms with Crippen LogP contribution in [0, 0.1) is 0 Å². The molecule has 0 unspecified atom stereocenters. The number of nitrogens with zero attached hydrogens (tertiary/aromatic N) is 2. The first kappa shape index (κ1) is 31.1. The Balaban J connectivity index is 0.000000274. The molecule has 0 aromatic heterocycles. The maximum Gasteiger partial charge on any atom is 0.303 e. The van der Waals surface area contributed by atoms with Crippen molar-refractivity contribution in [3.05, 3.63) is 70.3 Å². The molecule has 9 heteroatoms. The molecule has 0 bridgehead atoms. The highest BCUT2D eigenvalue weighted by Gasteiger charge is 2.21. The Kier molecular flexibility index (Phi) is 11.7. The average Bonchev–Trinajstić information content (AvgIpc) is 3.02. The molecule has 0 radical (unpaired) electrons. The fraction of sp³-hybridized carbons (Fsp3) is 0.400. The van der Waals surface area contributed by atoms with Gasteiger partial charge in [-0.1, -0.05) is 36.4 Å². The van der Waals surface area contributed by atoms with E-state index in [0.717, 1.165) is 11.1 Å². The molecule has 1 N–H and O–H groups in total. The van der Waals surface area contributed by atoms with Crippen LogP contribution in [0.5, 0.6) is 0 Å². The quantitative estimate of drug-likeness (QED) is 0.373. The largest absolute Gasteiger partial charge is 0.481 e. The molecule has 0 fully saturated rings. The summed E-state index contributed by atoms with van der Waals surface area (Å²) in [4.78, 5) is 71.5. The Hall–Kier alpha value is -4.14. The highest BCUT2D eigenvalue weighted by molar-refractivity contribution is 6.10. The van der Waals surface area contributed by atoms with Gasteiger partial charge in [-0.3, -0.25) is 28.8 Å². The molecule has 2 amide bonds. The molecule has 2 aromatic carbocycles. The number of benzene rings is 2. The number of aliphatic carboxylic acids is 1. The second-order valence-electron chi connectivity index (χ2n) is 9.70. The van der Waals surface area contributed by atoms with Gasteiger partial charge in [0.15, 0.2) is 17.3 Å². The summed E-state index contributed by atoms with van der Waals surface area (Å²) in [6, 6.07) is 12.3. The van der Waals surface area contributed by atoms with Gasteiger partial charge in [-0.2, -0.15) is 0 Å². The molecule has 0 atom stereocenters. The van der Waals surface area contributed by atoms with E-state index in [4.69, 9.17) is 5.11 Å². The lowest BCUT2D eigenvalue weighted by Crippen LogP contribution is -2.23. The van der Waals surface area contributed by atoms with Gasteiger partial charge in [0.1, 0.15) is 0 Å². The highest BCUT2D eigenvalue weighted by atomic mass is 16.4. The third-order valence-corrected chi connectivity index (χ3v) is 6.48. The van der Waals surface area contributed by atoms with Crippen LogP contribution in [-0.2, 0) is 27.5 Å². The van der Waals surface area contributed by atoms with Crippen LogP contribution < -0.4 is 0 Å². The first-order chi connectivity index (χ1) is 18.4. The molecule has 1 aliphatic carbocycles. The van der Waals surface area contributed by atoms with Crippen LogP contribution in [0.1, 0.15) is 94.6 Å². The van der Waals surface area contributed by atoms with Crippen molar-refractivity contribution in [1.29, 1.82) is 0 Å². The second-order valence-corrected chi connectivity index (χ2v) is 9.70. The molecule has 0 saturated carbocycles. The standard InChI is InChI=1S/C15H19NO4.C15H17NO3/c1-11(17)16(2)10-12-6-8-13(9-7-12)14(18)4-3-5-15(19)20;1-10(17)16(2)9-11-6-7-12-13(8-11)15(19)5-3-4-14(12)18/h6-9H,3-5,10H2,1-2H3,(H,19,20);6-8H,3-5,9H2,1-2H3. The van der Waals surface area contributed by atoms with Crippen LogP contribution in [0.15, 0.2) is 42.5 Å². The average molecular weight is 537 g/mol. The van der Waals surface area contributed by atoms with E-state index in [1.165, 1.54) is 13.8 Å². The molecule has 39 heavy (non-hydrogen) atoms. The van der Waals surface area contributed by atoms with Crippen molar-refractivity contribution < 1.29 is 33.9 Å². The van der Waals surface area contributed by atoms with E-state index < -0.39 is 5.97 Å². The molecule has 3 rings (SSSR count). The van der Waals surface area contributed by atoms with Crippen molar-refractivity contribution in [2.45, 2.75) is 65.5 Å². The Morgan fingerprint density at radius 1 is 0.744 bits per heavy atom. The fourth-order valence-corrected chi connectivity index (χ4v) is 3.95. The number of carboxylic acid groups (broad SMARTS) is 1. The van der Waals surface area contributed by atoms with Gasteiger partial charge in [-0.15, -0.1) is 0 Å². The van der Waals surface area contributed by atoms with Gasteiger partial charge in [-0.25, -0.2) is 0 Å². The van der Waals surface area contributed by atoms with Gasteiger partial charge in [0, 0.05) is 83.4 Å². The number of hydrogen-bond donors (Lipinski definition) is 1. The molecule has 0 spiro atoms. The van der Waals surface area contributed by atoms with Crippen molar-refractivity contribution in [2.75, 3.05) is 14.1 Å². The van der Waals surface area contributed by atoms with E-state index in [2.05, 4.69) is 0 Å². The number of hydrogen-bond acceptors (Lipinski definition) is 6. The van der Waals surface area contributed by atoms with Crippen molar-refractivity contribution in [3.8, 4) is 0 Å². The number of fused-ring (bicyclic) bond motifs is 1. The number of rotatable bonds is 9. The number of Topliss-reactive ketones (excluding diaryl/α,β-unsaturated/α-hetero) is 3. The predicted molar refractivity (Wildman–Crippen MR) is 146 cm³/mol. The molecular formula is C30H36N2O7. The molecule has 2 aromatic rings. The van der Waals surface area contributed by atoms with Crippen LogP contribution >= 0.6 is 0 Å². The van der Waals surface area contributed by atoms with Crippen LogP contribution in [-0.4, -0.2) is 64.1 Å². The summed E-state index contributed by atoms with van der Waals surface area (Å²) in [7, 11) is 3.42. The summed E-state index contributed by atoms with van der Waals surface area (Å²) in [5.41, 5.74) is 3.43. The van der Waals surface area contributed by atoms with Crippen LogP contribution in [0.4, 0.5) is 0 Å². The van der Waals surface area contributed by atoms with Gasteiger partial charge in [0.05, 0.1) is 0 Å². The Labute approximate surface area is 228 Å². The van der Waals surface area contributed by atoms with Crippen molar-refractivity contribution >= 4 is 35.1 Å². The molecule has 1 aliphatic rings. The lowest BCUT2D eigenvalue weighted by atomic mass is 9.98. The summed E-state index contributed by atoms with van der Waals surface area (Å²) in [6.45, 7) is 3.95. The minimum absolute atomic E-state index is 0.00717. The van der Waals surface area contributed by atoms with Crippen molar-refractivity contribution in [3.63, 3.8) is 0 Å². The van der Waals surface area contributed by atoms with Gasteiger partial charge in [-0.05, 0) is 30.0 Å². The van der Waals surface area contributed by atoms with Crippen LogP contribution in [0.3, 0.4) is 0 Å². The van der Waals surface area contributed by atoms with Crippen LogP contribution in [0.25, 0.3) is 0 Å². The summed E-state index contributed by atoms with van der Waals surface area (Å²) < 4.78 is 0. The molecule has 0 aliphatic heterocycles. The number of carbonyl (C=O) groups is 6. The summed E-state index contributed by atoms with van der Waals surface area (Å²) in [5, 5.41) is 8.52. The Morgan fingerprint density at radius 3 is 1.79 bits per heavy atom. The second kappa shape index (κ2) is 14.7. The molecule has 0 saturated heterocycles. The minimum atomic E-state index is -0.889. The van der Waals surface area contributed by atoms with Gasteiger partial charge in [0.2, 0.25) is 11.8 Å². The zero-order chi connectivity index (χ0) is 29.1. The molecule has 0 heterocycles. The third kappa shape index (κ3) is 9.92. The predicted octanol–water partition coefficient (Wildman–Crippen LogP) is 4.32. The maximum absolute atomic E-state index is 12.0. The van der Waals surface area contributed by atoms with Gasteiger partial charge in [0.25, 0.3) is 0 Å². The third-order valence-electron chi connectivity index (χ3n) is 6.48. The first-order valence-electron chi connectivity index (χ1n) is 12.9. The minimum Gasteiger partial charge on any atom is -0.481 e. The van der Waals surface area contributed by atoms with E-state index in [1.807, 2.05) is 18.2 Å². The SMILES string of the molecule is CC(=O)N(C)Cc1ccc(C(=O)CCCC(=O)O)cc1.CC(=O)N(C)Cc1ccc2c(c1)C(=O)CCCC2=O. The number of amides is 2. The summed E-state index contributed by atoms with van der Waals surface area (Å²) in [5.74, 6) is -0.935. The zero-order valence-electron chi connectivity index (χ0n) is 23.0. The van der Waals surface area contributed by atoms with E-state index in [-0.39, 0.29) is 42.0 Å². The van der Waals surface area contributed by atoms with Crippen molar-refractivity contribution in [1.82, 2.24) is 9.80 Å². The zero-order valence-corrected chi connectivity index (χ0v) is 23.0. The first-order valence-corrected chi connectivity index (χ1v) is 12.9. The van der Waals surface area contributed by atoms with E-state index in [0.29, 0.717) is 55.5 Å². The van der Waals surface area contributed by atoms with Gasteiger partial charge >= 0.3 is 5.97 Å². The van der Waals surface area contributed by atoms with E-state index in [1.54, 1.807) is 48.2 Å². The Bertz CT molecular complexity index is 1230. The highest BCUT2D eigenvalue weighted by Crippen LogP contribution is 2.22. The van der Waals surface area contributed by atoms with E-state index in [9.17, 15) is 28.8 Å². The molecular weight excluding hydrogens is 500 g/mol. The maximum atomic E-state index is 12.0. The summed E-state index contributed by atoms with van der Waals surface area (Å²) >= 11 is 0. The van der Waals surface area contributed by atoms with Crippen molar-refractivity contribution in [2.24, 2.45) is 0 Å². The van der Waals surface area contributed by atoms with E-state index >= 15 is 0 Å². The number of carbonyl (C=O) groups excluding carboxylic acids is 5. The smallest absolute Gasteiger partial charge is 0.303 e. The van der Waals surface area contributed by atoms with Gasteiger partial charge < -0.3 is 14.9 Å². The lowest BCUT2D eigenvalue weighted by Gasteiger charge is -2.15.